The molecule has 0 radical (unpaired) electrons. The highest BCUT2D eigenvalue weighted by atomic mass is 32.2. The van der Waals surface area contributed by atoms with Crippen molar-refractivity contribution >= 4 is 29.7 Å². The van der Waals surface area contributed by atoms with Gasteiger partial charge in [0.2, 0.25) is 5.91 Å². The minimum Gasteiger partial charge on any atom is -0.463 e. The van der Waals surface area contributed by atoms with Crippen molar-refractivity contribution in [3.63, 3.8) is 0 Å². The molecular weight excluding hydrogens is 404 g/mol. The summed E-state index contributed by atoms with van der Waals surface area (Å²) in [4.78, 5) is 41.9. The van der Waals surface area contributed by atoms with Crippen LogP contribution in [0.3, 0.4) is 0 Å². The highest BCUT2D eigenvalue weighted by molar-refractivity contribution is 7.98. The Kier molecular flexibility index (Phi) is 7.38. The fraction of sp³-hybridized carbons (Fsp3) is 0.476. The lowest BCUT2D eigenvalue weighted by Gasteiger charge is -2.36. The van der Waals surface area contributed by atoms with Crippen molar-refractivity contribution in [2.45, 2.75) is 24.8 Å². The first kappa shape index (κ1) is 22.2. The second-order valence-electron chi connectivity index (χ2n) is 7.20. The van der Waals surface area contributed by atoms with E-state index >= 15 is 0 Å². The molecule has 0 bridgehead atoms. The first-order valence-corrected chi connectivity index (χ1v) is 11.2. The summed E-state index contributed by atoms with van der Waals surface area (Å²) >= 11 is 1.63. The molecule has 2 N–H and O–H groups in total. The molecule has 1 atom stereocenters. The molecule has 2 aliphatic heterocycles. The Hall–Kier alpha value is -2.52. The third kappa shape index (κ3) is 5.14. The van der Waals surface area contributed by atoms with Crippen molar-refractivity contribution in [1.82, 2.24) is 20.4 Å². The number of nitrogens with one attached hydrogen (secondary N) is 2. The zero-order valence-corrected chi connectivity index (χ0v) is 18.4. The number of carbonyl (C=O) groups is 3. The van der Waals surface area contributed by atoms with Crippen molar-refractivity contribution < 1.29 is 19.1 Å². The third-order valence-corrected chi connectivity index (χ3v) is 6.04. The van der Waals surface area contributed by atoms with E-state index in [0.717, 1.165) is 10.5 Å². The predicted octanol–water partition coefficient (Wildman–Crippen LogP) is 1.74. The van der Waals surface area contributed by atoms with E-state index in [4.69, 9.17) is 4.74 Å². The van der Waals surface area contributed by atoms with Crippen LogP contribution in [0.1, 0.15) is 25.5 Å². The van der Waals surface area contributed by atoms with Gasteiger partial charge >= 0.3 is 12.0 Å². The van der Waals surface area contributed by atoms with E-state index in [9.17, 15) is 14.4 Å². The lowest BCUT2D eigenvalue weighted by Crippen LogP contribution is -2.52. The fourth-order valence-electron chi connectivity index (χ4n) is 3.68. The minimum atomic E-state index is -0.581. The SMILES string of the molecule is CCOC(=O)C1=C(CN2CCN(C(C)=O)CC2)NC(=O)NC1c1ccc(SC)cc1. The van der Waals surface area contributed by atoms with Crippen LogP contribution in [0.5, 0.6) is 0 Å². The summed E-state index contributed by atoms with van der Waals surface area (Å²) < 4.78 is 5.32. The summed E-state index contributed by atoms with van der Waals surface area (Å²) in [6.45, 7) is 6.59. The average Bonchev–Trinajstić information content (AvgIpc) is 2.74. The van der Waals surface area contributed by atoms with E-state index in [1.807, 2.05) is 30.5 Å². The number of nitrogens with zero attached hydrogens (tertiary/aromatic N) is 2. The van der Waals surface area contributed by atoms with Crippen LogP contribution in [0.15, 0.2) is 40.4 Å². The van der Waals surface area contributed by atoms with Crippen LogP contribution >= 0.6 is 11.8 Å². The van der Waals surface area contributed by atoms with Crippen molar-refractivity contribution in [2.24, 2.45) is 0 Å². The Morgan fingerprint density at radius 2 is 1.83 bits per heavy atom. The molecular formula is C21H28N4O4S. The van der Waals surface area contributed by atoms with E-state index in [0.29, 0.717) is 44.0 Å². The number of hydrogen-bond acceptors (Lipinski definition) is 6. The van der Waals surface area contributed by atoms with Crippen molar-refractivity contribution in [3.05, 3.63) is 41.1 Å². The minimum absolute atomic E-state index is 0.0602. The van der Waals surface area contributed by atoms with Gasteiger partial charge in [-0.05, 0) is 30.9 Å². The van der Waals surface area contributed by atoms with Gasteiger partial charge in [-0.15, -0.1) is 11.8 Å². The molecule has 30 heavy (non-hydrogen) atoms. The lowest BCUT2D eigenvalue weighted by atomic mass is 9.95. The van der Waals surface area contributed by atoms with Crippen LogP contribution in [0, 0.1) is 0 Å². The number of carbonyl (C=O) groups excluding carboxylic acids is 3. The van der Waals surface area contributed by atoms with Gasteiger partial charge in [-0.25, -0.2) is 9.59 Å². The maximum Gasteiger partial charge on any atom is 0.338 e. The highest BCUT2D eigenvalue weighted by Gasteiger charge is 2.34. The normalized spacial score (nSPS) is 19.9. The zero-order valence-electron chi connectivity index (χ0n) is 17.6. The molecule has 1 aromatic rings. The summed E-state index contributed by atoms with van der Waals surface area (Å²) in [5.74, 6) is -0.383. The molecule has 3 amide bonds. The van der Waals surface area contributed by atoms with Gasteiger partial charge < -0.3 is 20.3 Å². The highest BCUT2D eigenvalue weighted by Crippen LogP contribution is 2.29. The molecule has 0 aliphatic carbocycles. The van der Waals surface area contributed by atoms with Gasteiger partial charge in [-0.2, -0.15) is 0 Å². The molecule has 1 saturated heterocycles. The molecule has 2 aliphatic rings. The van der Waals surface area contributed by atoms with Crippen LogP contribution < -0.4 is 10.6 Å². The number of esters is 1. The van der Waals surface area contributed by atoms with Crippen LogP contribution in [0.25, 0.3) is 0 Å². The first-order chi connectivity index (χ1) is 14.4. The Bertz CT molecular complexity index is 832. The molecule has 1 fully saturated rings. The molecule has 0 aromatic heterocycles. The van der Waals surface area contributed by atoms with Crippen LogP contribution in [-0.4, -0.2) is 73.3 Å². The summed E-state index contributed by atoms with van der Waals surface area (Å²) in [5.41, 5.74) is 1.79. The molecule has 2 heterocycles. The van der Waals surface area contributed by atoms with E-state index in [-0.39, 0.29) is 18.5 Å². The molecule has 162 valence electrons. The maximum absolute atomic E-state index is 12.9. The quantitative estimate of drug-likeness (QED) is 0.526. The number of thioether (sulfide) groups is 1. The monoisotopic (exact) mass is 432 g/mol. The number of benzene rings is 1. The van der Waals surface area contributed by atoms with Gasteiger partial charge in [0.1, 0.15) is 0 Å². The van der Waals surface area contributed by atoms with Crippen molar-refractivity contribution in [1.29, 1.82) is 0 Å². The molecule has 0 saturated carbocycles. The van der Waals surface area contributed by atoms with Crippen LogP contribution in [-0.2, 0) is 14.3 Å². The first-order valence-electron chi connectivity index (χ1n) is 10.0. The second kappa shape index (κ2) is 9.99. The van der Waals surface area contributed by atoms with Crippen molar-refractivity contribution in [3.8, 4) is 0 Å². The number of piperazine rings is 1. The summed E-state index contributed by atoms with van der Waals surface area (Å²) in [6, 6.07) is 6.85. The lowest BCUT2D eigenvalue weighted by molar-refractivity contribution is -0.139. The molecule has 1 aromatic carbocycles. The van der Waals surface area contributed by atoms with E-state index < -0.39 is 12.0 Å². The summed E-state index contributed by atoms with van der Waals surface area (Å²) in [6.07, 6.45) is 2.00. The fourth-order valence-corrected chi connectivity index (χ4v) is 4.09. The predicted molar refractivity (Wildman–Crippen MR) is 115 cm³/mol. The number of hydrogen-bond donors (Lipinski definition) is 2. The van der Waals surface area contributed by atoms with Gasteiger partial charge in [0.05, 0.1) is 18.2 Å². The van der Waals surface area contributed by atoms with Gasteiger partial charge in [0.15, 0.2) is 0 Å². The topological polar surface area (TPSA) is 91.0 Å². The largest absolute Gasteiger partial charge is 0.463 e. The second-order valence-corrected chi connectivity index (χ2v) is 8.08. The Morgan fingerprint density at radius 1 is 1.17 bits per heavy atom. The van der Waals surface area contributed by atoms with Gasteiger partial charge in [-0.1, -0.05) is 12.1 Å². The van der Waals surface area contributed by atoms with Crippen LogP contribution in [0.4, 0.5) is 4.79 Å². The smallest absolute Gasteiger partial charge is 0.338 e. The summed E-state index contributed by atoms with van der Waals surface area (Å²) in [5, 5.41) is 5.67. The van der Waals surface area contributed by atoms with Crippen molar-refractivity contribution in [2.75, 3.05) is 45.6 Å². The van der Waals surface area contributed by atoms with Gasteiger partial charge in [0.25, 0.3) is 0 Å². The van der Waals surface area contributed by atoms with E-state index in [1.165, 1.54) is 0 Å². The number of ether oxygens (including phenoxy) is 1. The average molecular weight is 433 g/mol. The Morgan fingerprint density at radius 3 is 2.40 bits per heavy atom. The molecule has 1 unspecified atom stereocenters. The van der Waals surface area contributed by atoms with Crippen LogP contribution in [0.2, 0.25) is 0 Å². The molecule has 8 nitrogen and oxygen atoms in total. The number of rotatable bonds is 6. The van der Waals surface area contributed by atoms with E-state index in [2.05, 4.69) is 15.5 Å². The maximum atomic E-state index is 12.9. The van der Waals surface area contributed by atoms with Gasteiger partial charge in [0, 0.05) is 50.2 Å². The zero-order chi connectivity index (χ0) is 21.7. The summed E-state index contributed by atoms with van der Waals surface area (Å²) in [7, 11) is 0. The Labute approximate surface area is 181 Å². The molecule has 9 heteroatoms. The molecule has 0 spiro atoms. The number of amides is 3. The third-order valence-electron chi connectivity index (χ3n) is 5.30. The standard InChI is InChI=1S/C21H28N4O4S/c1-4-29-20(27)18-17(13-24-9-11-25(12-10-24)14(2)26)22-21(28)23-19(18)15-5-7-16(30-3)8-6-15/h5-8,19H,4,9-13H2,1-3H3,(H2,22,23,28). The Balaban J connectivity index is 1.89. The molecule has 3 rings (SSSR count). The van der Waals surface area contributed by atoms with E-state index in [1.54, 1.807) is 30.5 Å². The number of urea groups is 1. The van der Waals surface area contributed by atoms with Gasteiger partial charge in [-0.3, -0.25) is 9.69 Å².